The highest BCUT2D eigenvalue weighted by Crippen LogP contribution is 2.22. The minimum absolute atomic E-state index is 0.147. The summed E-state index contributed by atoms with van der Waals surface area (Å²) in [6.07, 6.45) is -0.147. The maximum Gasteiger partial charge on any atom is 0.327 e. The largest absolute Gasteiger partial charge is 0.480 e. The molecule has 0 aliphatic carbocycles. The number of nitrogens with zero attached hydrogens (tertiary/aromatic N) is 1. The fraction of sp³-hybridized carbons (Fsp3) is 0.308. The van der Waals surface area contributed by atoms with Gasteiger partial charge in [-0.15, -0.1) is 11.8 Å². The molecule has 2 amide bonds. The molecule has 10 heteroatoms. The van der Waals surface area contributed by atoms with Gasteiger partial charge < -0.3 is 15.7 Å². The molecule has 1 aromatic rings. The van der Waals surface area contributed by atoms with Crippen LogP contribution in [-0.2, 0) is 14.4 Å². The van der Waals surface area contributed by atoms with Crippen LogP contribution in [0.15, 0.2) is 24.3 Å². The van der Waals surface area contributed by atoms with E-state index in [9.17, 15) is 24.5 Å². The lowest BCUT2D eigenvalue weighted by atomic mass is 10.2. The Morgan fingerprint density at radius 3 is 2.83 bits per heavy atom. The third kappa shape index (κ3) is 4.42. The summed E-state index contributed by atoms with van der Waals surface area (Å²) in [6, 6.07) is 4.49. The Labute approximate surface area is 134 Å². The SMILES string of the molecule is O=C(C[C@H]1SC[C@H](C(=O)O)NC1=O)Nc1cccc([N+](=O)[O-])c1. The second-order valence-corrected chi connectivity index (χ2v) is 6.02. The van der Waals surface area contributed by atoms with Crippen LogP contribution < -0.4 is 10.6 Å². The number of amides is 2. The van der Waals surface area contributed by atoms with E-state index < -0.39 is 34.0 Å². The minimum atomic E-state index is -1.12. The van der Waals surface area contributed by atoms with Crippen LogP contribution in [0.2, 0.25) is 0 Å². The number of carbonyl (C=O) groups is 3. The predicted octanol–water partition coefficient (Wildman–Crippen LogP) is 0.608. The fourth-order valence-corrected chi connectivity index (χ4v) is 3.10. The maximum absolute atomic E-state index is 11.9. The van der Waals surface area contributed by atoms with Crippen molar-refractivity contribution in [3.63, 3.8) is 0 Å². The molecule has 23 heavy (non-hydrogen) atoms. The number of nitrogens with one attached hydrogen (secondary N) is 2. The van der Waals surface area contributed by atoms with Crippen molar-refractivity contribution in [2.75, 3.05) is 11.1 Å². The molecule has 0 bridgehead atoms. The van der Waals surface area contributed by atoms with Crippen LogP contribution >= 0.6 is 11.8 Å². The highest BCUT2D eigenvalue weighted by Gasteiger charge is 2.33. The van der Waals surface area contributed by atoms with E-state index in [4.69, 9.17) is 5.11 Å². The number of rotatable bonds is 5. The van der Waals surface area contributed by atoms with Crippen LogP contribution in [0.3, 0.4) is 0 Å². The number of benzene rings is 1. The molecule has 0 aromatic heterocycles. The number of anilines is 1. The Kier molecular flexibility index (Phi) is 5.16. The number of carbonyl (C=O) groups excluding carboxylic acids is 2. The Hall–Kier alpha value is -2.62. The Morgan fingerprint density at radius 2 is 2.22 bits per heavy atom. The normalized spacial score (nSPS) is 20.4. The van der Waals surface area contributed by atoms with Crippen LogP contribution in [0, 0.1) is 10.1 Å². The van der Waals surface area contributed by atoms with Crippen molar-refractivity contribution in [3.05, 3.63) is 34.4 Å². The summed E-state index contributed by atoms with van der Waals surface area (Å²) in [5.74, 6) is -1.93. The van der Waals surface area contributed by atoms with Gasteiger partial charge in [0.1, 0.15) is 6.04 Å². The number of carboxylic acids is 1. The van der Waals surface area contributed by atoms with E-state index in [1.165, 1.54) is 24.3 Å². The number of aliphatic carboxylic acids is 1. The molecule has 1 fully saturated rings. The third-order valence-corrected chi connectivity index (χ3v) is 4.39. The lowest BCUT2D eigenvalue weighted by molar-refractivity contribution is -0.384. The molecule has 122 valence electrons. The quantitative estimate of drug-likeness (QED) is 0.527. The van der Waals surface area contributed by atoms with E-state index in [1.54, 1.807) is 0 Å². The maximum atomic E-state index is 11.9. The molecular weight excluding hydrogens is 326 g/mol. The van der Waals surface area contributed by atoms with E-state index in [2.05, 4.69) is 10.6 Å². The first-order valence-electron chi connectivity index (χ1n) is 6.56. The van der Waals surface area contributed by atoms with E-state index in [-0.39, 0.29) is 23.5 Å². The molecule has 2 atom stereocenters. The van der Waals surface area contributed by atoms with Crippen LogP contribution in [0.1, 0.15) is 6.42 Å². The summed E-state index contributed by atoms with van der Waals surface area (Å²) in [7, 11) is 0. The molecule has 1 saturated heterocycles. The lowest BCUT2D eigenvalue weighted by Gasteiger charge is -2.25. The van der Waals surface area contributed by atoms with E-state index in [0.717, 1.165) is 11.8 Å². The number of non-ortho nitro benzene ring substituents is 1. The Morgan fingerprint density at radius 1 is 1.48 bits per heavy atom. The first-order valence-corrected chi connectivity index (χ1v) is 7.61. The van der Waals surface area contributed by atoms with Gasteiger partial charge in [0.25, 0.3) is 5.69 Å². The van der Waals surface area contributed by atoms with E-state index >= 15 is 0 Å². The fourth-order valence-electron chi connectivity index (χ4n) is 1.96. The first kappa shape index (κ1) is 16.7. The van der Waals surface area contributed by atoms with Crippen LogP contribution in [0.25, 0.3) is 0 Å². The summed E-state index contributed by atoms with van der Waals surface area (Å²) in [4.78, 5) is 44.6. The van der Waals surface area contributed by atoms with Gasteiger partial charge in [-0.2, -0.15) is 0 Å². The smallest absolute Gasteiger partial charge is 0.327 e. The average Bonchev–Trinajstić information content (AvgIpc) is 2.49. The van der Waals surface area contributed by atoms with Crippen molar-refractivity contribution in [1.29, 1.82) is 0 Å². The zero-order valence-corrected chi connectivity index (χ0v) is 12.5. The standard InChI is InChI=1S/C13H13N3O6S/c17-11(14-7-2-1-3-8(4-7)16(21)22)5-10-12(18)15-9(6-23-10)13(19)20/h1-4,9-10H,5-6H2,(H,14,17)(H,15,18)(H,19,20)/t9-,10-/m1/s1. The number of carboxylic acid groups (broad SMARTS) is 1. The van der Waals surface area contributed by atoms with Crippen LogP contribution in [-0.4, -0.2) is 44.9 Å². The Bertz CT molecular complexity index is 665. The summed E-state index contributed by atoms with van der Waals surface area (Å²) >= 11 is 1.09. The molecule has 1 aliphatic rings. The number of hydrogen-bond donors (Lipinski definition) is 3. The number of nitro benzene ring substituents is 1. The van der Waals surface area contributed by atoms with Gasteiger partial charge in [0.05, 0.1) is 10.2 Å². The molecular formula is C13H13N3O6S. The highest BCUT2D eigenvalue weighted by atomic mass is 32.2. The number of hydrogen-bond acceptors (Lipinski definition) is 6. The van der Waals surface area contributed by atoms with Gasteiger partial charge in [0.15, 0.2) is 0 Å². The molecule has 1 heterocycles. The van der Waals surface area contributed by atoms with Crippen molar-refractivity contribution in [1.82, 2.24) is 5.32 Å². The number of nitro groups is 1. The highest BCUT2D eigenvalue weighted by molar-refractivity contribution is 8.00. The van der Waals surface area contributed by atoms with Gasteiger partial charge in [-0.25, -0.2) is 4.79 Å². The summed E-state index contributed by atoms with van der Waals surface area (Å²) in [6.45, 7) is 0. The second kappa shape index (κ2) is 7.09. The van der Waals surface area contributed by atoms with Gasteiger partial charge in [0.2, 0.25) is 11.8 Å². The first-order chi connectivity index (χ1) is 10.9. The van der Waals surface area contributed by atoms with Crippen LogP contribution in [0.5, 0.6) is 0 Å². The van der Waals surface area contributed by atoms with Gasteiger partial charge in [-0.1, -0.05) is 6.07 Å². The van der Waals surface area contributed by atoms with Crippen molar-refractivity contribution >= 4 is 40.9 Å². The molecule has 1 aliphatic heterocycles. The van der Waals surface area contributed by atoms with Gasteiger partial charge in [0, 0.05) is 30.0 Å². The van der Waals surface area contributed by atoms with Crippen molar-refractivity contribution in [3.8, 4) is 0 Å². The minimum Gasteiger partial charge on any atom is -0.480 e. The van der Waals surface area contributed by atoms with Crippen LogP contribution in [0.4, 0.5) is 11.4 Å². The molecule has 0 radical (unpaired) electrons. The van der Waals surface area contributed by atoms with Crippen molar-refractivity contribution in [2.24, 2.45) is 0 Å². The van der Waals surface area contributed by atoms with Crippen molar-refractivity contribution in [2.45, 2.75) is 17.7 Å². The third-order valence-electron chi connectivity index (χ3n) is 3.08. The number of thioether (sulfide) groups is 1. The second-order valence-electron chi connectivity index (χ2n) is 4.78. The van der Waals surface area contributed by atoms with Gasteiger partial charge >= 0.3 is 5.97 Å². The van der Waals surface area contributed by atoms with Gasteiger partial charge in [-0.05, 0) is 6.07 Å². The summed E-state index contributed by atoms with van der Waals surface area (Å²) < 4.78 is 0. The molecule has 9 nitrogen and oxygen atoms in total. The molecule has 0 unspecified atom stereocenters. The monoisotopic (exact) mass is 339 g/mol. The molecule has 0 spiro atoms. The summed E-state index contributed by atoms with van der Waals surface area (Å²) in [5.41, 5.74) is 0.103. The summed E-state index contributed by atoms with van der Waals surface area (Å²) in [5, 5.41) is 23.6. The Balaban J connectivity index is 1.93. The zero-order valence-electron chi connectivity index (χ0n) is 11.7. The molecule has 1 aromatic carbocycles. The van der Waals surface area contributed by atoms with E-state index in [0.29, 0.717) is 0 Å². The predicted molar refractivity (Wildman–Crippen MR) is 82.2 cm³/mol. The zero-order chi connectivity index (χ0) is 17.0. The topological polar surface area (TPSA) is 139 Å². The lowest BCUT2D eigenvalue weighted by Crippen LogP contribution is -2.51. The molecule has 3 N–H and O–H groups in total. The molecule has 2 rings (SSSR count). The average molecular weight is 339 g/mol. The van der Waals surface area contributed by atoms with Gasteiger partial charge in [-0.3, -0.25) is 19.7 Å². The van der Waals surface area contributed by atoms with E-state index in [1.807, 2.05) is 0 Å². The molecule has 0 saturated carbocycles. The van der Waals surface area contributed by atoms with Crippen molar-refractivity contribution < 1.29 is 24.4 Å².